The molecule has 2 fully saturated rings. The molecule has 1 amide bonds. The van der Waals surface area contributed by atoms with E-state index < -0.39 is 0 Å². The molecule has 1 aliphatic carbocycles. The summed E-state index contributed by atoms with van der Waals surface area (Å²) in [6, 6.07) is 6.29. The lowest BCUT2D eigenvalue weighted by atomic mass is 9.89. The quantitative estimate of drug-likeness (QED) is 0.902. The molecule has 2 heterocycles. The Balaban J connectivity index is 1.45. The molecule has 1 saturated carbocycles. The zero-order chi connectivity index (χ0) is 15.1. The van der Waals surface area contributed by atoms with Gasteiger partial charge in [-0.15, -0.1) is 0 Å². The van der Waals surface area contributed by atoms with Crippen molar-refractivity contribution in [1.82, 2.24) is 4.90 Å². The van der Waals surface area contributed by atoms with E-state index in [0.29, 0.717) is 0 Å². The number of nitrogens with one attached hydrogen (secondary N) is 2. The fourth-order valence-electron chi connectivity index (χ4n) is 4.11. The van der Waals surface area contributed by atoms with Gasteiger partial charge in [0.1, 0.15) is 0 Å². The number of hydrogen-bond acceptors (Lipinski definition) is 3. The van der Waals surface area contributed by atoms with Crippen LogP contribution in [0.25, 0.3) is 0 Å². The zero-order valence-corrected chi connectivity index (χ0v) is 13.3. The first-order valence-corrected chi connectivity index (χ1v) is 8.60. The maximum absolute atomic E-state index is 12.5. The topological polar surface area (TPSA) is 44.4 Å². The van der Waals surface area contributed by atoms with E-state index in [1.54, 1.807) is 0 Å². The summed E-state index contributed by atoms with van der Waals surface area (Å²) in [6.07, 6.45) is 6.28. The van der Waals surface area contributed by atoms with Crippen LogP contribution in [0.15, 0.2) is 18.2 Å². The van der Waals surface area contributed by atoms with Crippen molar-refractivity contribution in [2.45, 2.75) is 38.1 Å². The fourth-order valence-corrected chi connectivity index (χ4v) is 4.11. The van der Waals surface area contributed by atoms with Crippen molar-refractivity contribution in [3.05, 3.63) is 23.8 Å². The van der Waals surface area contributed by atoms with E-state index in [9.17, 15) is 4.79 Å². The average Bonchev–Trinajstić information content (AvgIpc) is 3.39. The highest BCUT2D eigenvalue weighted by atomic mass is 16.2. The number of anilines is 2. The molecule has 0 aromatic heterocycles. The molecule has 4 heteroatoms. The monoisotopic (exact) mass is 299 g/mol. The van der Waals surface area contributed by atoms with Crippen molar-refractivity contribution < 1.29 is 4.79 Å². The van der Waals surface area contributed by atoms with Crippen molar-refractivity contribution in [2.24, 2.45) is 11.8 Å². The second-order valence-electron chi connectivity index (χ2n) is 7.04. The third-order valence-electron chi connectivity index (χ3n) is 5.68. The first-order chi connectivity index (χ1) is 10.7. The summed E-state index contributed by atoms with van der Waals surface area (Å²) in [7, 11) is 1.90. The third-order valence-corrected chi connectivity index (χ3v) is 5.68. The standard InChI is InChI=1S/C18H25N3O/c1-19-15-5-4-14-10-17(18(22)20-16(14)11-15)21-8-6-13(7-9-21)12-2-3-12/h4-5,11-13,17,19H,2-3,6-10H2,1H3,(H,20,22). The van der Waals surface area contributed by atoms with Gasteiger partial charge in [0, 0.05) is 18.4 Å². The predicted molar refractivity (Wildman–Crippen MR) is 89.1 cm³/mol. The average molecular weight is 299 g/mol. The van der Waals surface area contributed by atoms with Gasteiger partial charge in [0.2, 0.25) is 5.91 Å². The maximum Gasteiger partial charge on any atom is 0.242 e. The Hall–Kier alpha value is -1.55. The van der Waals surface area contributed by atoms with E-state index in [1.807, 2.05) is 13.1 Å². The number of nitrogens with zero attached hydrogens (tertiary/aromatic N) is 1. The van der Waals surface area contributed by atoms with Crippen LogP contribution in [0, 0.1) is 11.8 Å². The molecular weight excluding hydrogens is 274 g/mol. The molecule has 1 atom stereocenters. The van der Waals surface area contributed by atoms with Crippen LogP contribution in [0.1, 0.15) is 31.2 Å². The Morgan fingerprint density at radius 1 is 1.14 bits per heavy atom. The van der Waals surface area contributed by atoms with Crippen LogP contribution in [-0.2, 0) is 11.2 Å². The van der Waals surface area contributed by atoms with E-state index in [-0.39, 0.29) is 11.9 Å². The molecule has 1 saturated heterocycles. The lowest BCUT2D eigenvalue weighted by molar-refractivity contribution is -0.122. The normalized spacial score (nSPS) is 26.4. The number of fused-ring (bicyclic) bond motifs is 1. The molecule has 2 aliphatic heterocycles. The van der Waals surface area contributed by atoms with Crippen LogP contribution in [0.2, 0.25) is 0 Å². The number of likely N-dealkylation sites (tertiary alicyclic amines) is 1. The molecule has 2 N–H and O–H groups in total. The summed E-state index contributed by atoms with van der Waals surface area (Å²) >= 11 is 0. The Labute approximate surface area is 132 Å². The van der Waals surface area contributed by atoms with Gasteiger partial charge in [-0.1, -0.05) is 6.07 Å². The van der Waals surface area contributed by atoms with Gasteiger partial charge in [-0.3, -0.25) is 9.69 Å². The first-order valence-electron chi connectivity index (χ1n) is 8.60. The highest BCUT2D eigenvalue weighted by Crippen LogP contribution is 2.42. The van der Waals surface area contributed by atoms with Gasteiger partial charge in [0.05, 0.1) is 6.04 Å². The second kappa shape index (κ2) is 5.58. The van der Waals surface area contributed by atoms with E-state index in [1.165, 1.54) is 31.2 Å². The number of rotatable bonds is 3. The molecule has 118 valence electrons. The molecule has 0 bridgehead atoms. The number of benzene rings is 1. The molecule has 1 unspecified atom stereocenters. The van der Waals surface area contributed by atoms with Gasteiger partial charge >= 0.3 is 0 Å². The van der Waals surface area contributed by atoms with Gasteiger partial charge in [-0.05, 0) is 74.7 Å². The van der Waals surface area contributed by atoms with Crippen molar-refractivity contribution in [1.29, 1.82) is 0 Å². The smallest absolute Gasteiger partial charge is 0.242 e. The van der Waals surface area contributed by atoms with Crippen molar-refractivity contribution in [2.75, 3.05) is 30.8 Å². The minimum atomic E-state index is 0.0214. The second-order valence-corrected chi connectivity index (χ2v) is 7.04. The Kier molecular flexibility index (Phi) is 3.57. The molecule has 4 nitrogen and oxygen atoms in total. The lowest BCUT2D eigenvalue weighted by Crippen LogP contribution is -2.50. The summed E-state index contributed by atoms with van der Waals surface area (Å²) in [6.45, 7) is 2.17. The van der Waals surface area contributed by atoms with Gasteiger partial charge < -0.3 is 10.6 Å². The van der Waals surface area contributed by atoms with Crippen molar-refractivity contribution in [3.8, 4) is 0 Å². The Morgan fingerprint density at radius 2 is 1.86 bits per heavy atom. The van der Waals surface area contributed by atoms with Crippen LogP contribution >= 0.6 is 0 Å². The summed E-state index contributed by atoms with van der Waals surface area (Å²) in [4.78, 5) is 14.9. The zero-order valence-electron chi connectivity index (χ0n) is 13.3. The highest BCUT2D eigenvalue weighted by molar-refractivity contribution is 5.98. The summed E-state index contributed by atoms with van der Waals surface area (Å²) in [5.41, 5.74) is 3.27. The number of hydrogen-bond donors (Lipinski definition) is 2. The van der Waals surface area contributed by atoms with Gasteiger partial charge in [-0.2, -0.15) is 0 Å². The molecule has 22 heavy (non-hydrogen) atoms. The minimum Gasteiger partial charge on any atom is -0.388 e. The summed E-state index contributed by atoms with van der Waals surface area (Å²) < 4.78 is 0. The van der Waals surface area contributed by atoms with E-state index in [2.05, 4.69) is 27.7 Å². The molecular formula is C18H25N3O. The molecule has 3 aliphatic rings. The third kappa shape index (κ3) is 2.60. The number of piperidine rings is 1. The van der Waals surface area contributed by atoms with Gasteiger partial charge in [0.15, 0.2) is 0 Å². The molecule has 0 spiro atoms. The SMILES string of the molecule is CNc1ccc2c(c1)NC(=O)C(N1CCC(C3CC3)CC1)C2. The van der Waals surface area contributed by atoms with Gasteiger partial charge in [-0.25, -0.2) is 0 Å². The van der Waals surface area contributed by atoms with Crippen LogP contribution in [0.3, 0.4) is 0 Å². The molecule has 1 aromatic rings. The molecule has 0 radical (unpaired) electrons. The molecule has 4 rings (SSSR count). The van der Waals surface area contributed by atoms with Crippen LogP contribution in [-0.4, -0.2) is 37.0 Å². The largest absolute Gasteiger partial charge is 0.388 e. The maximum atomic E-state index is 12.5. The summed E-state index contributed by atoms with van der Waals surface area (Å²) in [5.74, 6) is 2.10. The lowest BCUT2D eigenvalue weighted by Gasteiger charge is -2.39. The Morgan fingerprint density at radius 3 is 2.55 bits per heavy atom. The number of carbonyl (C=O) groups is 1. The predicted octanol–water partition coefficient (Wildman–Crippen LogP) is 2.71. The van der Waals surface area contributed by atoms with Crippen molar-refractivity contribution in [3.63, 3.8) is 0 Å². The van der Waals surface area contributed by atoms with E-state index in [0.717, 1.165) is 42.7 Å². The van der Waals surface area contributed by atoms with E-state index in [4.69, 9.17) is 0 Å². The van der Waals surface area contributed by atoms with Crippen molar-refractivity contribution >= 4 is 17.3 Å². The first kappa shape index (κ1) is 14.1. The summed E-state index contributed by atoms with van der Waals surface area (Å²) in [5, 5.41) is 6.23. The van der Waals surface area contributed by atoms with Crippen LogP contribution in [0.4, 0.5) is 11.4 Å². The number of carbonyl (C=O) groups excluding carboxylic acids is 1. The van der Waals surface area contributed by atoms with Crippen LogP contribution in [0.5, 0.6) is 0 Å². The van der Waals surface area contributed by atoms with Gasteiger partial charge in [0.25, 0.3) is 0 Å². The molecule has 1 aromatic carbocycles. The van der Waals surface area contributed by atoms with E-state index >= 15 is 0 Å². The minimum absolute atomic E-state index is 0.0214. The fraction of sp³-hybridized carbons (Fsp3) is 0.611. The number of amides is 1. The van der Waals surface area contributed by atoms with Crippen LogP contribution < -0.4 is 10.6 Å². The Bertz CT molecular complexity index is 574. The highest BCUT2D eigenvalue weighted by Gasteiger charge is 2.37.